The van der Waals surface area contributed by atoms with Crippen LogP contribution in [0.2, 0.25) is 18.1 Å². The standard InChI is InChI=1S/C16H29N2O8PSi/c1-9-8-18(15(21)17-13(9)19)11-7-10(26-28(5,6)16(2,3)4)12(25-11)14(20)27(22,23)24/h8,10-12,14,20H,7H2,1-6H3,(H,17,19,21)(H2,22,23,24)/t10-,11+,12-,14?/m0/s1. The van der Waals surface area contributed by atoms with E-state index < -0.39 is 51.4 Å². The highest BCUT2D eigenvalue weighted by Crippen LogP contribution is 2.48. The maximum Gasteiger partial charge on any atom is 0.356 e. The van der Waals surface area contributed by atoms with Crippen LogP contribution in [0.5, 0.6) is 0 Å². The van der Waals surface area contributed by atoms with Gasteiger partial charge in [0.25, 0.3) is 5.56 Å². The van der Waals surface area contributed by atoms with Crippen LogP contribution in [0, 0.1) is 6.92 Å². The van der Waals surface area contributed by atoms with Gasteiger partial charge in [0, 0.05) is 18.2 Å². The molecule has 4 N–H and O–H groups in total. The predicted molar refractivity (Wildman–Crippen MR) is 105 cm³/mol. The number of aliphatic hydroxyl groups excluding tert-OH is 1. The molecule has 0 aromatic carbocycles. The second kappa shape index (κ2) is 7.64. The Morgan fingerprint density at radius 3 is 2.43 bits per heavy atom. The molecule has 2 rings (SSSR count). The summed E-state index contributed by atoms with van der Waals surface area (Å²) in [4.78, 5) is 44.8. The fourth-order valence-corrected chi connectivity index (χ4v) is 4.75. The summed E-state index contributed by atoms with van der Waals surface area (Å²) in [5.74, 6) is -2.09. The highest BCUT2D eigenvalue weighted by molar-refractivity contribution is 7.52. The number of H-pyrrole nitrogens is 1. The summed E-state index contributed by atoms with van der Waals surface area (Å²) in [7, 11) is -7.25. The Bertz CT molecular complexity index is 884. The van der Waals surface area contributed by atoms with E-state index in [2.05, 4.69) is 4.98 Å². The zero-order valence-corrected chi connectivity index (χ0v) is 18.8. The lowest BCUT2D eigenvalue weighted by atomic mass is 10.2. The molecule has 0 radical (unpaired) electrons. The quantitative estimate of drug-likeness (QED) is 0.394. The molecule has 4 atom stereocenters. The summed E-state index contributed by atoms with van der Waals surface area (Å²) in [6, 6.07) is 0. The Morgan fingerprint density at radius 2 is 1.93 bits per heavy atom. The predicted octanol–water partition coefficient (Wildman–Crippen LogP) is 1.02. The Kier molecular flexibility index (Phi) is 6.33. The van der Waals surface area contributed by atoms with Gasteiger partial charge in [-0.2, -0.15) is 0 Å². The molecular weight excluding hydrogens is 407 g/mol. The number of aromatic amines is 1. The molecule has 1 unspecified atom stereocenters. The third-order valence-electron chi connectivity index (χ3n) is 5.46. The average Bonchev–Trinajstić information content (AvgIpc) is 2.90. The monoisotopic (exact) mass is 436 g/mol. The fraction of sp³-hybridized carbons (Fsp3) is 0.750. The molecule has 2 heterocycles. The summed E-state index contributed by atoms with van der Waals surface area (Å²) < 4.78 is 24.7. The molecule has 160 valence electrons. The van der Waals surface area contributed by atoms with E-state index in [0.29, 0.717) is 0 Å². The van der Waals surface area contributed by atoms with E-state index in [1.807, 2.05) is 33.9 Å². The number of nitrogens with zero attached hydrogens (tertiary/aromatic N) is 1. The van der Waals surface area contributed by atoms with Gasteiger partial charge in [0.05, 0.1) is 6.10 Å². The summed E-state index contributed by atoms with van der Waals surface area (Å²) in [5.41, 5.74) is -0.956. The maximum atomic E-state index is 12.2. The topological polar surface area (TPSA) is 151 Å². The maximum absolute atomic E-state index is 12.2. The van der Waals surface area contributed by atoms with E-state index in [1.165, 1.54) is 13.1 Å². The number of hydrogen-bond donors (Lipinski definition) is 4. The van der Waals surface area contributed by atoms with Crippen molar-refractivity contribution in [1.29, 1.82) is 0 Å². The van der Waals surface area contributed by atoms with E-state index >= 15 is 0 Å². The highest BCUT2D eigenvalue weighted by atomic mass is 31.2. The van der Waals surface area contributed by atoms with Crippen LogP contribution in [0.25, 0.3) is 0 Å². The fourth-order valence-electron chi connectivity index (χ4n) is 2.76. The molecule has 0 bridgehead atoms. The van der Waals surface area contributed by atoms with Crippen molar-refractivity contribution in [3.8, 4) is 0 Å². The number of ether oxygens (including phenoxy) is 1. The minimum Gasteiger partial charge on any atom is -0.411 e. The summed E-state index contributed by atoms with van der Waals surface area (Å²) >= 11 is 0. The van der Waals surface area contributed by atoms with Crippen LogP contribution in [-0.4, -0.2) is 50.8 Å². The summed E-state index contributed by atoms with van der Waals surface area (Å²) in [5, 5.41) is 10.0. The lowest BCUT2D eigenvalue weighted by molar-refractivity contribution is -0.0624. The van der Waals surface area contributed by atoms with Gasteiger partial charge >= 0.3 is 13.3 Å². The number of aliphatic hydroxyl groups is 1. The first-order valence-corrected chi connectivity index (χ1v) is 13.5. The van der Waals surface area contributed by atoms with Gasteiger partial charge < -0.3 is 24.1 Å². The molecule has 0 aliphatic carbocycles. The normalized spacial score (nSPS) is 25.1. The van der Waals surface area contributed by atoms with Crippen molar-refractivity contribution in [2.75, 3.05) is 0 Å². The van der Waals surface area contributed by atoms with Gasteiger partial charge in [-0.3, -0.25) is 18.9 Å². The number of hydrogen-bond acceptors (Lipinski definition) is 6. The number of rotatable bonds is 5. The molecular formula is C16H29N2O8PSi. The molecule has 1 aromatic rings. The molecule has 1 aromatic heterocycles. The number of nitrogens with one attached hydrogen (secondary N) is 1. The second-order valence-corrected chi connectivity index (χ2v) is 15.2. The van der Waals surface area contributed by atoms with Crippen molar-refractivity contribution in [3.63, 3.8) is 0 Å². The molecule has 1 aliphatic rings. The average molecular weight is 436 g/mol. The largest absolute Gasteiger partial charge is 0.411 e. The molecule has 1 aliphatic heterocycles. The van der Waals surface area contributed by atoms with Crippen molar-refractivity contribution in [2.24, 2.45) is 0 Å². The van der Waals surface area contributed by atoms with Crippen LogP contribution >= 0.6 is 7.60 Å². The van der Waals surface area contributed by atoms with Gasteiger partial charge in [0.1, 0.15) is 12.3 Å². The van der Waals surface area contributed by atoms with E-state index in [1.54, 1.807) is 0 Å². The Hall–Kier alpha value is -1.07. The third-order valence-corrected chi connectivity index (χ3v) is 10.9. The molecule has 0 saturated carbocycles. The first-order chi connectivity index (χ1) is 12.5. The molecule has 10 nitrogen and oxygen atoms in total. The molecule has 0 amide bonds. The lowest BCUT2D eigenvalue weighted by Gasteiger charge is -2.39. The highest BCUT2D eigenvalue weighted by Gasteiger charge is 2.51. The van der Waals surface area contributed by atoms with E-state index in [4.69, 9.17) is 9.16 Å². The van der Waals surface area contributed by atoms with Gasteiger partial charge in [0.2, 0.25) is 0 Å². The van der Waals surface area contributed by atoms with Crippen molar-refractivity contribution in [1.82, 2.24) is 9.55 Å². The van der Waals surface area contributed by atoms with Crippen LogP contribution in [0.1, 0.15) is 39.0 Å². The number of aromatic nitrogens is 2. The minimum atomic E-state index is -4.88. The second-order valence-electron chi connectivity index (χ2n) is 8.69. The lowest BCUT2D eigenvalue weighted by Crippen LogP contribution is -2.48. The number of aryl methyl sites for hydroxylation is 1. The third kappa shape index (κ3) is 4.73. The van der Waals surface area contributed by atoms with Gasteiger partial charge in [-0.05, 0) is 25.1 Å². The van der Waals surface area contributed by atoms with Crippen LogP contribution in [0.15, 0.2) is 15.8 Å². The van der Waals surface area contributed by atoms with E-state index in [9.17, 15) is 29.0 Å². The Labute approximate surface area is 163 Å². The minimum absolute atomic E-state index is 0.0969. The molecule has 1 fully saturated rings. The van der Waals surface area contributed by atoms with Crippen LogP contribution in [0.3, 0.4) is 0 Å². The molecule has 1 saturated heterocycles. The Morgan fingerprint density at radius 1 is 1.36 bits per heavy atom. The zero-order valence-electron chi connectivity index (χ0n) is 16.9. The van der Waals surface area contributed by atoms with Crippen molar-refractivity contribution in [2.45, 2.75) is 76.5 Å². The summed E-state index contributed by atoms with van der Waals surface area (Å²) in [6.07, 6.45) is -1.67. The summed E-state index contributed by atoms with van der Waals surface area (Å²) in [6.45, 7) is 11.5. The van der Waals surface area contributed by atoms with Crippen molar-refractivity contribution in [3.05, 3.63) is 32.6 Å². The van der Waals surface area contributed by atoms with Crippen molar-refractivity contribution >= 4 is 15.9 Å². The van der Waals surface area contributed by atoms with Crippen LogP contribution < -0.4 is 11.2 Å². The molecule has 12 heteroatoms. The first-order valence-electron chi connectivity index (χ1n) is 8.93. The van der Waals surface area contributed by atoms with Crippen LogP contribution in [-0.2, 0) is 13.7 Å². The van der Waals surface area contributed by atoms with E-state index in [-0.39, 0.29) is 17.0 Å². The van der Waals surface area contributed by atoms with Gasteiger partial charge in [0.15, 0.2) is 14.2 Å². The molecule has 28 heavy (non-hydrogen) atoms. The van der Waals surface area contributed by atoms with Crippen molar-refractivity contribution < 1.29 is 28.6 Å². The van der Waals surface area contributed by atoms with Gasteiger partial charge in [-0.15, -0.1) is 0 Å². The van der Waals surface area contributed by atoms with Gasteiger partial charge in [-0.1, -0.05) is 20.8 Å². The van der Waals surface area contributed by atoms with Gasteiger partial charge in [-0.25, -0.2) is 4.79 Å². The SMILES string of the molecule is Cc1cn([C@H]2C[C@H](O[Si](C)(C)C(C)(C)C)[C@@H](C(O)P(=O)(O)O)O2)c(=O)[nH]c1=O. The Balaban J connectivity index is 2.42. The first kappa shape index (κ1) is 23.2. The smallest absolute Gasteiger partial charge is 0.356 e. The van der Waals surface area contributed by atoms with E-state index in [0.717, 1.165) is 4.57 Å². The molecule has 0 spiro atoms. The zero-order chi connectivity index (χ0) is 21.7. The van der Waals surface area contributed by atoms with Crippen LogP contribution in [0.4, 0.5) is 0 Å².